The average Bonchev–Trinajstić information content (AvgIpc) is 2.89. The Hall–Kier alpha value is -4.30. The third kappa shape index (κ3) is 4.12. The van der Waals surface area contributed by atoms with Crippen LogP contribution >= 0.6 is 0 Å². The van der Waals surface area contributed by atoms with E-state index in [9.17, 15) is 0 Å². The molecule has 2 heteroatoms. The Morgan fingerprint density at radius 2 is 0.875 bits per heavy atom. The van der Waals surface area contributed by atoms with Crippen molar-refractivity contribution in [3.63, 3.8) is 0 Å². The van der Waals surface area contributed by atoms with Crippen LogP contribution in [0.15, 0.2) is 122 Å². The first-order chi connectivity index (χ1) is 15.8. The molecule has 0 bridgehead atoms. The van der Waals surface area contributed by atoms with E-state index in [0.717, 1.165) is 27.8 Å². The van der Waals surface area contributed by atoms with Gasteiger partial charge in [0.05, 0.1) is 0 Å². The summed E-state index contributed by atoms with van der Waals surface area (Å²) >= 11 is 0. The number of nitrogens with zero attached hydrogens (tertiary/aromatic N) is 2. The van der Waals surface area contributed by atoms with Crippen LogP contribution in [0.1, 0.15) is 5.56 Å². The molecule has 0 spiro atoms. The molecule has 2 nitrogen and oxygen atoms in total. The van der Waals surface area contributed by atoms with E-state index in [0.29, 0.717) is 0 Å². The number of hydrogen-bond acceptors (Lipinski definition) is 2. The zero-order chi connectivity index (χ0) is 21.8. The lowest BCUT2D eigenvalue weighted by atomic mass is 9.93. The maximum Gasteiger partial charge on any atom is 0.0346 e. The van der Waals surface area contributed by atoms with Crippen molar-refractivity contribution < 1.29 is 0 Å². The summed E-state index contributed by atoms with van der Waals surface area (Å²) in [7, 11) is 0. The van der Waals surface area contributed by atoms with Crippen molar-refractivity contribution in [1.82, 2.24) is 9.97 Å². The van der Waals surface area contributed by atoms with Crippen LogP contribution in [-0.4, -0.2) is 9.97 Å². The van der Waals surface area contributed by atoms with Crippen LogP contribution in [-0.2, 0) is 0 Å². The van der Waals surface area contributed by atoms with Crippen molar-refractivity contribution in [3.05, 3.63) is 128 Å². The fourth-order valence-corrected chi connectivity index (χ4v) is 3.86. The Kier molecular flexibility index (Phi) is 5.42. The largest absolute Gasteiger partial charge is 0.264 e. The third-order valence-electron chi connectivity index (χ3n) is 5.62. The van der Waals surface area contributed by atoms with Crippen molar-refractivity contribution >= 4 is 6.08 Å². The highest BCUT2D eigenvalue weighted by atomic mass is 14.6. The second-order valence-corrected chi connectivity index (χ2v) is 7.69. The highest BCUT2D eigenvalue weighted by molar-refractivity contribution is 5.82. The van der Waals surface area contributed by atoms with E-state index in [2.05, 4.69) is 95.4 Å². The van der Waals surface area contributed by atoms with Gasteiger partial charge in [-0.3, -0.25) is 9.97 Å². The smallest absolute Gasteiger partial charge is 0.0346 e. The molecular formula is C30H22N2. The molecule has 5 aromatic rings. The van der Waals surface area contributed by atoms with E-state index in [-0.39, 0.29) is 0 Å². The van der Waals surface area contributed by atoms with Crippen molar-refractivity contribution in [2.45, 2.75) is 0 Å². The van der Waals surface area contributed by atoms with Gasteiger partial charge in [-0.2, -0.15) is 0 Å². The molecule has 2 aromatic heterocycles. The molecule has 0 saturated carbocycles. The number of hydrogen-bond donors (Lipinski definition) is 0. The summed E-state index contributed by atoms with van der Waals surface area (Å²) in [5, 5.41) is 0. The molecule has 32 heavy (non-hydrogen) atoms. The molecular weight excluding hydrogens is 388 g/mol. The molecule has 0 atom stereocenters. The van der Waals surface area contributed by atoms with Gasteiger partial charge in [0.2, 0.25) is 0 Å². The molecule has 0 amide bonds. The molecule has 0 saturated heterocycles. The molecule has 0 aliphatic rings. The Labute approximate surface area is 188 Å². The van der Waals surface area contributed by atoms with Crippen molar-refractivity contribution in [1.29, 1.82) is 0 Å². The van der Waals surface area contributed by atoms with E-state index >= 15 is 0 Å². The summed E-state index contributed by atoms with van der Waals surface area (Å²) in [5.41, 5.74) is 10.3. The number of pyridine rings is 2. The van der Waals surface area contributed by atoms with Crippen LogP contribution in [0.4, 0.5) is 0 Å². The molecule has 0 fully saturated rings. The van der Waals surface area contributed by atoms with Crippen LogP contribution in [0.3, 0.4) is 0 Å². The summed E-state index contributed by atoms with van der Waals surface area (Å²) in [6, 6.07) is 32.0. The van der Waals surface area contributed by atoms with Gasteiger partial charge in [0, 0.05) is 30.4 Å². The first-order valence-electron chi connectivity index (χ1n) is 10.6. The van der Waals surface area contributed by atoms with Gasteiger partial charge in [-0.15, -0.1) is 0 Å². The minimum absolute atomic E-state index is 1.10. The standard InChI is InChI=1S/C30H22N2/c1-2-22-7-9-24(10-8-22)28-17-29(19-30(18-28)27-6-4-16-32-21-27)25-13-11-23(12-14-25)26-5-3-15-31-20-26/h2-21H,1H2. The zero-order valence-electron chi connectivity index (χ0n) is 17.6. The van der Waals surface area contributed by atoms with Gasteiger partial charge < -0.3 is 0 Å². The van der Waals surface area contributed by atoms with Crippen molar-refractivity contribution in [2.75, 3.05) is 0 Å². The van der Waals surface area contributed by atoms with Crippen molar-refractivity contribution in [2.24, 2.45) is 0 Å². The van der Waals surface area contributed by atoms with Gasteiger partial charge in [0.1, 0.15) is 0 Å². The van der Waals surface area contributed by atoms with Gasteiger partial charge in [0.25, 0.3) is 0 Å². The second-order valence-electron chi connectivity index (χ2n) is 7.69. The zero-order valence-corrected chi connectivity index (χ0v) is 17.6. The molecule has 3 aromatic carbocycles. The second kappa shape index (κ2) is 8.83. The summed E-state index contributed by atoms with van der Waals surface area (Å²) in [5.74, 6) is 0. The Balaban J connectivity index is 1.60. The quantitative estimate of drug-likeness (QED) is 0.295. The SMILES string of the molecule is C=Cc1ccc(-c2cc(-c3ccc(-c4cccnc4)cc3)cc(-c3cccnc3)c2)cc1. The van der Waals surface area contributed by atoms with Gasteiger partial charge in [-0.1, -0.05) is 73.3 Å². The van der Waals surface area contributed by atoms with E-state index in [1.54, 1.807) is 12.4 Å². The first kappa shape index (κ1) is 19.7. The summed E-state index contributed by atoms with van der Waals surface area (Å²) in [4.78, 5) is 8.55. The first-order valence-corrected chi connectivity index (χ1v) is 10.6. The molecule has 0 radical (unpaired) electrons. The van der Waals surface area contributed by atoms with Crippen LogP contribution in [0.2, 0.25) is 0 Å². The van der Waals surface area contributed by atoms with Crippen LogP contribution in [0, 0.1) is 0 Å². The van der Waals surface area contributed by atoms with Crippen LogP contribution in [0.25, 0.3) is 50.6 Å². The predicted octanol–water partition coefficient (Wildman–Crippen LogP) is 7.79. The number of aromatic nitrogens is 2. The molecule has 0 unspecified atom stereocenters. The maximum absolute atomic E-state index is 4.32. The lowest BCUT2D eigenvalue weighted by Crippen LogP contribution is -1.87. The van der Waals surface area contributed by atoms with Crippen LogP contribution < -0.4 is 0 Å². The van der Waals surface area contributed by atoms with Gasteiger partial charge in [-0.25, -0.2) is 0 Å². The molecule has 152 valence electrons. The van der Waals surface area contributed by atoms with E-state index < -0.39 is 0 Å². The van der Waals surface area contributed by atoms with Crippen LogP contribution in [0.5, 0.6) is 0 Å². The lowest BCUT2D eigenvalue weighted by molar-refractivity contribution is 1.33. The van der Waals surface area contributed by atoms with Gasteiger partial charge >= 0.3 is 0 Å². The predicted molar refractivity (Wildman–Crippen MR) is 134 cm³/mol. The third-order valence-corrected chi connectivity index (χ3v) is 5.62. The summed E-state index contributed by atoms with van der Waals surface area (Å²) < 4.78 is 0. The highest BCUT2D eigenvalue weighted by Gasteiger charge is 2.08. The molecule has 2 heterocycles. The molecule has 5 rings (SSSR count). The molecule has 0 aliphatic heterocycles. The number of benzene rings is 3. The minimum atomic E-state index is 1.10. The Morgan fingerprint density at radius 1 is 0.469 bits per heavy atom. The van der Waals surface area contributed by atoms with E-state index in [1.807, 2.05) is 30.6 Å². The normalized spacial score (nSPS) is 10.6. The maximum atomic E-state index is 4.32. The summed E-state index contributed by atoms with van der Waals surface area (Å²) in [6.45, 7) is 3.86. The molecule has 0 aliphatic carbocycles. The Bertz CT molecular complexity index is 1340. The highest BCUT2D eigenvalue weighted by Crippen LogP contribution is 2.33. The van der Waals surface area contributed by atoms with Gasteiger partial charge in [-0.05, 0) is 74.8 Å². The van der Waals surface area contributed by atoms with Gasteiger partial charge in [0.15, 0.2) is 0 Å². The lowest BCUT2D eigenvalue weighted by Gasteiger charge is -2.12. The monoisotopic (exact) mass is 410 g/mol. The van der Waals surface area contributed by atoms with E-state index in [4.69, 9.17) is 0 Å². The fraction of sp³-hybridized carbons (Fsp3) is 0. The fourth-order valence-electron chi connectivity index (χ4n) is 3.86. The van der Waals surface area contributed by atoms with E-state index in [1.165, 1.54) is 22.3 Å². The number of rotatable bonds is 5. The minimum Gasteiger partial charge on any atom is -0.264 e. The Morgan fingerprint density at radius 3 is 1.31 bits per heavy atom. The molecule has 0 N–H and O–H groups in total. The topological polar surface area (TPSA) is 25.8 Å². The average molecular weight is 411 g/mol. The van der Waals surface area contributed by atoms with Crippen molar-refractivity contribution in [3.8, 4) is 44.5 Å². The summed E-state index contributed by atoms with van der Waals surface area (Å²) in [6.07, 6.45) is 9.27.